The Morgan fingerprint density at radius 1 is 0.776 bits per heavy atom. The van der Waals surface area contributed by atoms with Crippen molar-refractivity contribution in [3.63, 3.8) is 0 Å². The Balaban J connectivity index is 5.75. The van der Waals surface area contributed by atoms with Crippen molar-refractivity contribution in [2.45, 2.75) is 108 Å². The van der Waals surface area contributed by atoms with E-state index in [2.05, 4.69) is 31.9 Å². The second kappa shape index (κ2) is 24.5. The van der Waals surface area contributed by atoms with Crippen LogP contribution in [0.4, 0.5) is 0 Å². The van der Waals surface area contributed by atoms with Gasteiger partial charge in [0.2, 0.25) is 35.4 Å². The van der Waals surface area contributed by atoms with E-state index in [0.717, 1.165) is 0 Å². The number of aliphatic carboxylic acids is 1. The van der Waals surface area contributed by atoms with Crippen molar-refractivity contribution in [2.24, 2.45) is 17.4 Å². The molecule has 3 unspecified atom stereocenters. The number of aliphatic hydroxyl groups is 2. The Kier molecular flexibility index (Phi) is 22.6. The summed E-state index contributed by atoms with van der Waals surface area (Å²) in [5, 5.41) is 52.9. The zero-order valence-electron chi connectivity index (χ0n) is 27.9. The Morgan fingerprint density at radius 3 is 1.90 bits per heavy atom. The third-order valence-electron chi connectivity index (χ3n) is 6.91. The quantitative estimate of drug-likeness (QED) is 0.0174. The zero-order chi connectivity index (χ0) is 37.7. The average Bonchev–Trinajstić information content (AvgIpc) is 3.02. The van der Waals surface area contributed by atoms with E-state index in [1.54, 1.807) is 19.3 Å². The molecule has 0 aliphatic carbocycles. The van der Waals surface area contributed by atoms with Gasteiger partial charge in [-0.3, -0.25) is 38.9 Å². The largest absolute Gasteiger partial charge is 0.481 e. The summed E-state index contributed by atoms with van der Waals surface area (Å²) in [5.41, 5.74) is 12.4. The van der Waals surface area contributed by atoms with Crippen molar-refractivity contribution in [1.82, 2.24) is 37.4 Å². The summed E-state index contributed by atoms with van der Waals surface area (Å²) >= 11 is 5.44. The highest BCUT2D eigenvalue weighted by Gasteiger charge is 2.32. The van der Waals surface area contributed by atoms with Gasteiger partial charge in [-0.25, -0.2) is 0 Å². The maximum absolute atomic E-state index is 13.3. The zero-order valence-corrected chi connectivity index (χ0v) is 28.6. The van der Waals surface area contributed by atoms with Gasteiger partial charge in [0.05, 0.1) is 25.0 Å². The van der Waals surface area contributed by atoms with Crippen molar-refractivity contribution in [2.75, 3.05) is 19.0 Å². The molecule has 0 heterocycles. The number of nitrogens with one attached hydrogen (secondary N) is 7. The summed E-state index contributed by atoms with van der Waals surface area (Å²) in [7, 11) is 0. The van der Waals surface area contributed by atoms with Gasteiger partial charge < -0.3 is 58.6 Å². The number of nitrogens with two attached hydrogens (primary N) is 2. The lowest BCUT2D eigenvalue weighted by Crippen LogP contribution is -2.58. The molecule has 0 aromatic carbocycles. The number of carbonyl (C=O) groups is 7. The number of hydrogen-bond donors (Lipinski definition) is 13. The highest BCUT2D eigenvalue weighted by molar-refractivity contribution is 6.27. The van der Waals surface area contributed by atoms with Gasteiger partial charge in [0, 0.05) is 6.42 Å². The minimum absolute atomic E-state index is 0.0915. The van der Waals surface area contributed by atoms with E-state index < -0.39 is 103 Å². The second-order valence-electron chi connectivity index (χ2n) is 11.7. The summed E-state index contributed by atoms with van der Waals surface area (Å²) in [6, 6.07) is -6.19. The van der Waals surface area contributed by atoms with Crippen molar-refractivity contribution >= 4 is 53.0 Å². The lowest BCUT2D eigenvalue weighted by Gasteiger charge is -2.27. The van der Waals surface area contributed by atoms with Gasteiger partial charge in [-0.15, -0.1) is 11.6 Å². The van der Waals surface area contributed by atoms with Crippen LogP contribution in [0.3, 0.4) is 0 Å². The summed E-state index contributed by atoms with van der Waals surface area (Å²) < 4.78 is 0. The molecule has 20 nitrogen and oxygen atoms in total. The van der Waals surface area contributed by atoms with Gasteiger partial charge in [-0.1, -0.05) is 20.3 Å². The fourth-order valence-electron chi connectivity index (χ4n) is 4.33. The Hall–Kier alpha value is -3.66. The topological polar surface area (TPSA) is 337 Å². The van der Waals surface area contributed by atoms with Gasteiger partial charge in [0.15, 0.2) is 0 Å². The number of hydrogen-bond acceptors (Lipinski definition) is 13. The molecule has 282 valence electrons. The number of carboxylic acid groups (broad SMARTS) is 1. The SMILES string of the molecule is CC(C)C[C@H](NC(=O)[C@H](CCC(N)=O)NC(=O)C(CC(=O)O)NC(=O)CCl)C(=O)NCC(O)N[C@@H](CCCCN)C(=O)N[C@@H](C)C(O)NO. The average molecular weight is 726 g/mol. The van der Waals surface area contributed by atoms with E-state index in [1.807, 2.05) is 0 Å². The number of alkyl halides is 1. The lowest BCUT2D eigenvalue weighted by atomic mass is 10.0. The lowest BCUT2D eigenvalue weighted by molar-refractivity contribution is -0.141. The molecule has 0 fully saturated rings. The van der Waals surface area contributed by atoms with Crippen molar-refractivity contribution < 1.29 is 54.1 Å². The standard InChI is InChI=1S/C28H52ClN9O11/c1-14(2)10-18(25(45)32-13-22(41)34-16(6-4-5-9-30)26(46)33-15(3)24(44)38-49)37-27(47)17(7-8-20(31)39)36-28(48)19(11-23(42)43)35-21(40)12-29/h14-19,22,24,34,38,41,44,49H,4-13,30H2,1-3H3,(H2,31,39)(H,32,45)(H,33,46)(H,35,40)(H,36,48)(H,37,47)(H,42,43)/t15-,16-,17-,18-,19?,22?,24?/m0/s1. The highest BCUT2D eigenvalue weighted by atomic mass is 35.5. The molecule has 7 atom stereocenters. The molecule has 0 aromatic rings. The molecule has 0 rings (SSSR count). The number of rotatable bonds is 26. The number of carboxylic acids is 1. The van der Waals surface area contributed by atoms with Crippen LogP contribution in [0, 0.1) is 5.92 Å². The second-order valence-corrected chi connectivity index (χ2v) is 12.0. The van der Waals surface area contributed by atoms with E-state index in [-0.39, 0.29) is 31.6 Å². The summed E-state index contributed by atoms with van der Waals surface area (Å²) in [5.74, 6) is -7.14. The molecular weight excluding hydrogens is 674 g/mol. The molecule has 0 spiro atoms. The minimum atomic E-state index is -1.61. The van der Waals surface area contributed by atoms with E-state index >= 15 is 0 Å². The Labute approximate surface area is 289 Å². The van der Waals surface area contributed by atoms with Gasteiger partial charge in [-0.2, -0.15) is 5.48 Å². The number of carbonyl (C=O) groups excluding carboxylic acids is 6. The fourth-order valence-corrected chi connectivity index (χ4v) is 4.41. The number of primary amides is 1. The van der Waals surface area contributed by atoms with Crippen LogP contribution in [-0.4, -0.2) is 124 Å². The van der Waals surface area contributed by atoms with E-state index in [1.165, 1.54) is 6.92 Å². The summed E-state index contributed by atoms with van der Waals surface area (Å²) in [6.45, 7) is 4.90. The normalized spacial score (nSPS) is 15.4. The van der Waals surface area contributed by atoms with Crippen molar-refractivity contribution in [3.8, 4) is 0 Å². The minimum Gasteiger partial charge on any atom is -0.481 e. The molecule has 0 aliphatic heterocycles. The smallest absolute Gasteiger partial charge is 0.305 e. The molecule has 15 N–H and O–H groups in total. The third-order valence-corrected chi connectivity index (χ3v) is 7.15. The predicted octanol–water partition coefficient (Wildman–Crippen LogP) is -4.21. The van der Waals surface area contributed by atoms with E-state index in [9.17, 15) is 43.8 Å². The highest BCUT2D eigenvalue weighted by Crippen LogP contribution is 2.08. The third kappa shape index (κ3) is 19.8. The number of aliphatic hydroxyl groups excluding tert-OH is 2. The number of unbranched alkanes of at least 4 members (excludes halogenated alkanes) is 1. The molecule has 0 aliphatic rings. The molecule has 0 aromatic heterocycles. The maximum Gasteiger partial charge on any atom is 0.305 e. The van der Waals surface area contributed by atoms with Gasteiger partial charge in [0.1, 0.15) is 36.5 Å². The van der Waals surface area contributed by atoms with Crippen LogP contribution in [0.25, 0.3) is 0 Å². The molecule has 49 heavy (non-hydrogen) atoms. The maximum atomic E-state index is 13.3. The number of amides is 6. The van der Waals surface area contributed by atoms with Gasteiger partial charge in [0.25, 0.3) is 0 Å². The molecule has 6 amide bonds. The van der Waals surface area contributed by atoms with E-state index in [0.29, 0.717) is 19.4 Å². The van der Waals surface area contributed by atoms with Crippen LogP contribution >= 0.6 is 11.6 Å². The predicted molar refractivity (Wildman–Crippen MR) is 174 cm³/mol. The van der Waals surface area contributed by atoms with Crippen LogP contribution in [0.5, 0.6) is 0 Å². The molecule has 0 bridgehead atoms. The molecule has 0 radical (unpaired) electrons. The molecule has 0 saturated carbocycles. The first kappa shape index (κ1) is 45.3. The van der Waals surface area contributed by atoms with Crippen LogP contribution in [0.15, 0.2) is 0 Å². The van der Waals surface area contributed by atoms with Crippen LogP contribution < -0.4 is 48.8 Å². The summed E-state index contributed by atoms with van der Waals surface area (Å²) in [4.78, 5) is 86.7. The Bertz CT molecular complexity index is 1100. The number of hydroxylamine groups is 1. The monoisotopic (exact) mass is 725 g/mol. The molecule has 0 saturated heterocycles. The van der Waals surface area contributed by atoms with Gasteiger partial charge in [-0.05, 0) is 45.1 Å². The van der Waals surface area contributed by atoms with Crippen LogP contribution in [-0.2, 0) is 33.6 Å². The first-order chi connectivity index (χ1) is 22.9. The van der Waals surface area contributed by atoms with Crippen LogP contribution in [0.2, 0.25) is 0 Å². The Morgan fingerprint density at radius 2 is 1.37 bits per heavy atom. The molecule has 21 heteroatoms. The van der Waals surface area contributed by atoms with Crippen molar-refractivity contribution in [1.29, 1.82) is 0 Å². The molecular formula is C28H52ClN9O11. The number of halogens is 1. The summed E-state index contributed by atoms with van der Waals surface area (Å²) in [6.07, 6.45) is -3.06. The first-order valence-corrected chi connectivity index (χ1v) is 16.2. The first-order valence-electron chi connectivity index (χ1n) is 15.7. The fraction of sp³-hybridized carbons (Fsp3) is 0.750. The van der Waals surface area contributed by atoms with E-state index in [4.69, 9.17) is 33.4 Å². The van der Waals surface area contributed by atoms with Crippen molar-refractivity contribution in [3.05, 3.63) is 0 Å². The van der Waals surface area contributed by atoms with Crippen LogP contribution in [0.1, 0.15) is 65.7 Å². The van der Waals surface area contributed by atoms with Gasteiger partial charge >= 0.3 is 5.97 Å².